The van der Waals surface area contributed by atoms with Crippen molar-refractivity contribution in [3.8, 4) is 0 Å². The van der Waals surface area contributed by atoms with Gasteiger partial charge in [-0.1, -0.05) is 18.2 Å². The zero-order valence-corrected chi connectivity index (χ0v) is 13.5. The molecule has 5 heteroatoms. The summed E-state index contributed by atoms with van der Waals surface area (Å²) < 4.78 is 0. The molecule has 0 aliphatic carbocycles. The van der Waals surface area contributed by atoms with Gasteiger partial charge in [0.15, 0.2) is 0 Å². The molecule has 0 fully saturated rings. The first-order chi connectivity index (χ1) is 12.4. The summed E-state index contributed by atoms with van der Waals surface area (Å²) in [6, 6.07) is 13.8. The van der Waals surface area contributed by atoms with Crippen molar-refractivity contribution in [1.82, 2.24) is 24.9 Å². The van der Waals surface area contributed by atoms with Gasteiger partial charge in [-0.25, -0.2) is 0 Å². The van der Waals surface area contributed by atoms with Crippen LogP contribution in [0, 0.1) is 0 Å². The topological polar surface area (TPSA) is 67.3 Å². The fourth-order valence-corrected chi connectivity index (χ4v) is 2.29. The lowest BCUT2D eigenvalue weighted by Crippen LogP contribution is -1.79. The number of nitrogens with one attached hydrogen (secondary N) is 1. The lowest BCUT2D eigenvalue weighted by Gasteiger charge is -2.00. The van der Waals surface area contributed by atoms with Gasteiger partial charge in [0.2, 0.25) is 0 Å². The van der Waals surface area contributed by atoms with E-state index in [1.807, 2.05) is 30.6 Å². The van der Waals surface area contributed by atoms with Crippen LogP contribution in [0.2, 0.25) is 0 Å². The number of hydrogen-bond acceptors (Lipinski definition) is 4. The third-order valence-corrected chi connectivity index (χ3v) is 3.39. The van der Waals surface area contributed by atoms with Crippen molar-refractivity contribution in [1.29, 1.82) is 0 Å². The molecule has 0 bridgehead atoms. The summed E-state index contributed by atoms with van der Waals surface area (Å²) in [5.74, 6) is 0. The molecule has 0 saturated carbocycles. The molecule has 122 valence electrons. The van der Waals surface area contributed by atoms with Crippen molar-refractivity contribution in [3.05, 3.63) is 98.2 Å². The van der Waals surface area contributed by atoms with Crippen LogP contribution in [0.25, 0.3) is 21.7 Å². The molecule has 0 aliphatic heterocycles. The van der Waals surface area contributed by atoms with Crippen LogP contribution in [0.4, 0.5) is 0 Å². The monoisotopic (exact) mass is 327 g/mol. The van der Waals surface area contributed by atoms with Crippen LogP contribution < -0.4 is 0 Å². The fourth-order valence-electron chi connectivity index (χ4n) is 2.29. The molecule has 2 heterocycles. The summed E-state index contributed by atoms with van der Waals surface area (Å²) in [5, 5.41) is 3.20. The summed E-state index contributed by atoms with van der Waals surface area (Å²) in [6.07, 6.45) is 15.2. The highest BCUT2D eigenvalue weighted by molar-refractivity contribution is 6.05. The average molecular weight is 327 g/mol. The van der Waals surface area contributed by atoms with Gasteiger partial charge in [-0.05, 0) is 29.7 Å². The molecule has 0 atom stereocenters. The molecular formula is C20H17N5. The first kappa shape index (κ1) is 16.3. The van der Waals surface area contributed by atoms with Gasteiger partial charge in [0.05, 0.1) is 0 Å². The Balaban J connectivity index is 2.27. The summed E-state index contributed by atoms with van der Waals surface area (Å²) in [6.45, 7) is 0. The van der Waals surface area contributed by atoms with E-state index < -0.39 is 0 Å². The third-order valence-electron chi connectivity index (χ3n) is 3.39. The standard InChI is InChI=1S/C20H17N5/c1-4-17-6-7-20-18(5-2-11-25-20)19(17)16-24-10-3-9-22-13-15-23-14-12-21-8-1/h1-16,25H. The van der Waals surface area contributed by atoms with Gasteiger partial charge in [-0.2, -0.15) is 0 Å². The smallest absolute Gasteiger partial charge is 0.0460 e. The Morgan fingerprint density at radius 1 is 0.560 bits per heavy atom. The Morgan fingerprint density at radius 2 is 1.28 bits per heavy atom. The number of benzene rings is 1. The number of H-pyrrole nitrogens is 1. The first-order valence-corrected chi connectivity index (χ1v) is 7.80. The molecule has 0 saturated heterocycles. The fraction of sp³-hybridized carbons (Fsp3) is 0. The van der Waals surface area contributed by atoms with E-state index in [1.165, 1.54) is 0 Å². The first-order valence-electron chi connectivity index (χ1n) is 7.80. The highest BCUT2D eigenvalue weighted by Gasteiger charge is 1.97. The SMILES string of the molecule is c1cnccnccncccc2ccc3[nH]cccc3c2cnc1. The predicted octanol–water partition coefficient (Wildman–Crippen LogP) is 4.27. The second-order valence-corrected chi connectivity index (χ2v) is 5.02. The lowest BCUT2D eigenvalue weighted by atomic mass is 10.1. The van der Waals surface area contributed by atoms with Crippen molar-refractivity contribution < 1.29 is 0 Å². The highest BCUT2D eigenvalue weighted by atomic mass is 14.7. The van der Waals surface area contributed by atoms with Gasteiger partial charge in [0.25, 0.3) is 0 Å². The van der Waals surface area contributed by atoms with E-state index in [2.05, 4.69) is 43.1 Å². The van der Waals surface area contributed by atoms with Crippen molar-refractivity contribution in [3.63, 3.8) is 0 Å². The molecule has 1 aromatic carbocycles. The average Bonchev–Trinajstić information content (AvgIpc) is 2.65. The largest absolute Gasteiger partial charge is 0.361 e. The van der Waals surface area contributed by atoms with Crippen LogP contribution >= 0.6 is 0 Å². The van der Waals surface area contributed by atoms with Gasteiger partial charge in [-0.3, -0.25) is 19.9 Å². The number of fused-ring (bicyclic) bond motifs is 3. The summed E-state index contributed by atoms with van der Waals surface area (Å²) >= 11 is 0. The quantitative estimate of drug-likeness (QED) is 0.669. The lowest BCUT2D eigenvalue weighted by molar-refractivity contribution is 1.24. The number of hydrogen-bond donors (Lipinski definition) is 1. The van der Waals surface area contributed by atoms with Crippen LogP contribution in [0.15, 0.2) is 98.2 Å². The molecule has 1 N–H and O–H groups in total. The van der Waals surface area contributed by atoms with Gasteiger partial charge < -0.3 is 4.98 Å². The summed E-state index contributed by atoms with van der Waals surface area (Å²) in [4.78, 5) is 19.8. The van der Waals surface area contributed by atoms with E-state index in [-0.39, 0.29) is 0 Å². The van der Waals surface area contributed by atoms with Crippen molar-refractivity contribution in [2.24, 2.45) is 0 Å². The Morgan fingerprint density at radius 3 is 2.12 bits per heavy atom. The van der Waals surface area contributed by atoms with E-state index in [4.69, 9.17) is 0 Å². The maximum Gasteiger partial charge on any atom is 0.0460 e. The molecule has 0 spiro atoms. The molecule has 2 aromatic heterocycles. The summed E-state index contributed by atoms with van der Waals surface area (Å²) in [5.41, 5.74) is 1.06. The highest BCUT2D eigenvalue weighted by Crippen LogP contribution is 2.21. The normalized spacial score (nSPS) is 9.60. The number of aromatic nitrogens is 5. The minimum absolute atomic E-state index is 1.04. The van der Waals surface area contributed by atoms with Gasteiger partial charge in [0, 0.05) is 72.1 Å². The second kappa shape index (κ2) is 8.88. The second-order valence-electron chi connectivity index (χ2n) is 5.02. The van der Waals surface area contributed by atoms with Crippen LogP contribution in [-0.4, -0.2) is 24.9 Å². The van der Waals surface area contributed by atoms with E-state index in [0.29, 0.717) is 0 Å². The summed E-state index contributed by atoms with van der Waals surface area (Å²) in [7, 11) is 0. The Hall–Kier alpha value is -3.60. The maximum atomic E-state index is 4.37. The molecule has 0 amide bonds. The van der Waals surface area contributed by atoms with E-state index >= 15 is 0 Å². The molecule has 3 rings (SSSR count). The van der Waals surface area contributed by atoms with Crippen molar-refractivity contribution in [2.45, 2.75) is 0 Å². The molecule has 0 unspecified atom stereocenters. The number of pyridine rings is 1. The number of rotatable bonds is 0. The maximum absolute atomic E-state index is 4.37. The van der Waals surface area contributed by atoms with Crippen LogP contribution in [0.3, 0.4) is 0 Å². The van der Waals surface area contributed by atoms with Crippen LogP contribution in [0.5, 0.6) is 0 Å². The molecule has 0 radical (unpaired) electrons. The molecule has 25 heavy (non-hydrogen) atoms. The van der Waals surface area contributed by atoms with E-state index in [0.717, 1.165) is 21.7 Å². The van der Waals surface area contributed by atoms with Crippen LogP contribution in [0.1, 0.15) is 0 Å². The van der Waals surface area contributed by atoms with Crippen LogP contribution in [-0.2, 0) is 0 Å². The minimum Gasteiger partial charge on any atom is -0.361 e. The van der Waals surface area contributed by atoms with Gasteiger partial charge in [0.1, 0.15) is 0 Å². The minimum atomic E-state index is 1.04. The zero-order valence-electron chi connectivity index (χ0n) is 13.5. The van der Waals surface area contributed by atoms with Crippen molar-refractivity contribution >= 4 is 21.7 Å². The molecule has 3 aromatic rings. The Kier molecular flexibility index (Phi) is 5.78. The Bertz CT molecular complexity index is 1030. The van der Waals surface area contributed by atoms with Gasteiger partial charge in [-0.15, -0.1) is 0 Å². The number of aromatic amines is 1. The molecule has 0 aliphatic rings. The Labute approximate surface area is 145 Å². The van der Waals surface area contributed by atoms with E-state index in [9.17, 15) is 0 Å². The molecular weight excluding hydrogens is 310 g/mol. The number of nitrogens with zero attached hydrogens (tertiary/aromatic N) is 4. The molecule has 5 nitrogen and oxygen atoms in total. The van der Waals surface area contributed by atoms with E-state index in [1.54, 1.807) is 49.4 Å². The third kappa shape index (κ3) is 4.68. The van der Waals surface area contributed by atoms with Gasteiger partial charge >= 0.3 is 0 Å². The predicted molar refractivity (Wildman–Crippen MR) is 99.9 cm³/mol. The zero-order chi connectivity index (χ0) is 17.2. The van der Waals surface area contributed by atoms with Crippen molar-refractivity contribution in [2.75, 3.05) is 0 Å².